The fourth-order valence-electron chi connectivity index (χ4n) is 2.70. The van der Waals surface area contributed by atoms with Crippen LogP contribution in [-0.4, -0.2) is 46.1 Å². The minimum absolute atomic E-state index is 0.122. The zero-order chi connectivity index (χ0) is 15.5. The number of rotatable bonds is 4. The molecule has 1 aliphatic rings. The molecule has 5 nitrogen and oxygen atoms in total. The molecule has 1 saturated heterocycles. The molecule has 1 aliphatic heterocycles. The van der Waals surface area contributed by atoms with E-state index in [1.165, 1.54) is 0 Å². The van der Waals surface area contributed by atoms with Crippen molar-refractivity contribution in [2.45, 2.75) is 26.9 Å². The molecule has 0 unspecified atom stereocenters. The maximum atomic E-state index is 13.6. The summed E-state index contributed by atoms with van der Waals surface area (Å²) in [4.78, 5) is 8.90. The Morgan fingerprint density at radius 2 is 1.77 bits per heavy atom. The molecule has 1 aromatic heterocycles. The normalized spacial score (nSPS) is 17.0. The molecule has 1 aromatic carbocycles. The fourth-order valence-corrected chi connectivity index (χ4v) is 2.70. The number of hydrogen-bond donors (Lipinski definition) is 0. The minimum atomic E-state index is -0.122. The average molecular weight is 304 g/mol. The van der Waals surface area contributed by atoms with E-state index in [1.807, 2.05) is 12.1 Å². The molecule has 0 spiro atoms. The van der Waals surface area contributed by atoms with Crippen LogP contribution in [0.1, 0.15) is 22.8 Å². The number of aryl methyl sites for hydroxylation is 2. The van der Waals surface area contributed by atoms with Gasteiger partial charge in [0.1, 0.15) is 5.82 Å². The third kappa shape index (κ3) is 3.69. The lowest BCUT2D eigenvalue weighted by atomic mass is 10.1. The van der Waals surface area contributed by atoms with E-state index < -0.39 is 0 Å². The molecule has 0 N–H and O–H groups in total. The summed E-state index contributed by atoms with van der Waals surface area (Å²) < 4.78 is 18.6. The molecule has 0 amide bonds. The molecule has 2 aromatic rings. The van der Waals surface area contributed by atoms with Crippen LogP contribution in [0.5, 0.6) is 0 Å². The molecule has 1 fully saturated rings. The summed E-state index contributed by atoms with van der Waals surface area (Å²) in [5.41, 5.74) is 1.73. The van der Waals surface area contributed by atoms with Crippen LogP contribution in [0.4, 0.5) is 4.39 Å². The van der Waals surface area contributed by atoms with E-state index in [9.17, 15) is 4.39 Å². The molecular formula is C16H21FN4O. The monoisotopic (exact) mass is 304 g/mol. The summed E-state index contributed by atoms with van der Waals surface area (Å²) >= 11 is 0. The highest BCUT2D eigenvalue weighted by molar-refractivity contribution is 5.23. The van der Waals surface area contributed by atoms with Crippen molar-refractivity contribution in [3.05, 3.63) is 46.9 Å². The molecule has 6 heteroatoms. The summed E-state index contributed by atoms with van der Waals surface area (Å²) in [6.07, 6.45) is 0. The summed E-state index contributed by atoms with van der Waals surface area (Å²) in [6.45, 7) is 8.96. The maximum Gasteiger partial charge on any atom is 0.223 e. The summed E-state index contributed by atoms with van der Waals surface area (Å²) in [7, 11) is 0. The third-order valence-electron chi connectivity index (χ3n) is 4.04. The highest BCUT2D eigenvalue weighted by Crippen LogP contribution is 2.13. The van der Waals surface area contributed by atoms with Crippen LogP contribution >= 0.6 is 0 Å². The lowest BCUT2D eigenvalue weighted by Gasteiger charge is -2.34. The highest BCUT2D eigenvalue weighted by atomic mass is 19.1. The topological polar surface area (TPSA) is 45.4 Å². The summed E-state index contributed by atoms with van der Waals surface area (Å²) in [5.74, 6) is 1.23. The van der Waals surface area contributed by atoms with E-state index in [-0.39, 0.29) is 5.82 Å². The van der Waals surface area contributed by atoms with Crippen molar-refractivity contribution in [1.82, 2.24) is 19.9 Å². The number of benzene rings is 1. The summed E-state index contributed by atoms with van der Waals surface area (Å²) in [6, 6.07) is 5.50. The quantitative estimate of drug-likeness (QED) is 0.866. The van der Waals surface area contributed by atoms with Gasteiger partial charge in [-0.3, -0.25) is 9.80 Å². The van der Waals surface area contributed by atoms with Gasteiger partial charge in [-0.1, -0.05) is 17.3 Å². The van der Waals surface area contributed by atoms with Gasteiger partial charge in [-0.05, 0) is 24.1 Å². The van der Waals surface area contributed by atoms with Crippen LogP contribution in [0.3, 0.4) is 0 Å². The molecular weight excluding hydrogens is 283 g/mol. The van der Waals surface area contributed by atoms with Gasteiger partial charge in [0.05, 0.1) is 6.54 Å². The van der Waals surface area contributed by atoms with Gasteiger partial charge in [-0.2, -0.15) is 4.98 Å². The van der Waals surface area contributed by atoms with E-state index in [0.29, 0.717) is 11.5 Å². The van der Waals surface area contributed by atoms with Gasteiger partial charge in [0.15, 0.2) is 5.82 Å². The second kappa shape index (κ2) is 6.54. The largest absolute Gasteiger partial charge is 0.340 e. The van der Waals surface area contributed by atoms with Crippen molar-refractivity contribution in [3.8, 4) is 0 Å². The van der Waals surface area contributed by atoms with Gasteiger partial charge in [-0.25, -0.2) is 4.39 Å². The van der Waals surface area contributed by atoms with Crippen molar-refractivity contribution >= 4 is 0 Å². The second-order valence-corrected chi connectivity index (χ2v) is 5.87. The van der Waals surface area contributed by atoms with Crippen molar-refractivity contribution in [2.75, 3.05) is 26.2 Å². The summed E-state index contributed by atoms with van der Waals surface area (Å²) in [5, 5.41) is 3.93. The Morgan fingerprint density at radius 1 is 1.09 bits per heavy atom. The van der Waals surface area contributed by atoms with Gasteiger partial charge in [0.25, 0.3) is 0 Å². The zero-order valence-corrected chi connectivity index (χ0v) is 13.0. The molecule has 118 valence electrons. The van der Waals surface area contributed by atoms with Crippen LogP contribution in [0.2, 0.25) is 0 Å². The Kier molecular flexibility index (Phi) is 4.49. The number of aromatic nitrogens is 2. The predicted octanol–water partition coefficient (Wildman–Crippen LogP) is 2.14. The van der Waals surface area contributed by atoms with E-state index in [0.717, 1.165) is 50.7 Å². The molecule has 2 heterocycles. The molecule has 0 aliphatic carbocycles. The van der Waals surface area contributed by atoms with E-state index in [2.05, 4.69) is 19.9 Å². The molecule has 0 bridgehead atoms. The number of hydrogen-bond acceptors (Lipinski definition) is 5. The lowest BCUT2D eigenvalue weighted by molar-refractivity contribution is 0.119. The van der Waals surface area contributed by atoms with Crippen LogP contribution in [-0.2, 0) is 13.1 Å². The lowest BCUT2D eigenvalue weighted by Crippen LogP contribution is -2.45. The van der Waals surface area contributed by atoms with Crippen LogP contribution in [0.15, 0.2) is 22.7 Å². The number of halogens is 1. The second-order valence-electron chi connectivity index (χ2n) is 5.87. The Bertz CT molecular complexity index is 635. The molecule has 22 heavy (non-hydrogen) atoms. The van der Waals surface area contributed by atoms with Gasteiger partial charge in [0, 0.05) is 39.6 Å². The first kappa shape index (κ1) is 15.1. The van der Waals surface area contributed by atoms with Crippen LogP contribution < -0.4 is 0 Å². The van der Waals surface area contributed by atoms with Crippen molar-refractivity contribution in [1.29, 1.82) is 0 Å². The first-order valence-corrected chi connectivity index (χ1v) is 7.59. The first-order valence-electron chi connectivity index (χ1n) is 7.59. The van der Waals surface area contributed by atoms with Crippen LogP contribution in [0, 0.1) is 19.7 Å². The molecule has 3 rings (SSSR count). The van der Waals surface area contributed by atoms with E-state index >= 15 is 0 Å². The maximum absolute atomic E-state index is 13.6. The number of piperazine rings is 1. The Balaban J connectivity index is 1.50. The minimum Gasteiger partial charge on any atom is -0.340 e. The zero-order valence-electron chi connectivity index (χ0n) is 13.0. The SMILES string of the molecule is Cc1nc(CN2CCN(Cc3ccc(C)c(F)c3)CC2)no1. The first-order chi connectivity index (χ1) is 10.6. The highest BCUT2D eigenvalue weighted by Gasteiger charge is 2.18. The van der Waals surface area contributed by atoms with Crippen molar-refractivity contribution in [3.63, 3.8) is 0 Å². The molecule has 0 saturated carbocycles. The van der Waals surface area contributed by atoms with Crippen molar-refractivity contribution < 1.29 is 8.91 Å². The standard InChI is InChI=1S/C16H21FN4O/c1-12-3-4-14(9-15(12)17)10-20-5-7-21(8-6-20)11-16-18-13(2)22-19-16/h3-4,9H,5-8,10-11H2,1-2H3. The molecule has 0 radical (unpaired) electrons. The van der Waals surface area contributed by atoms with Crippen LogP contribution in [0.25, 0.3) is 0 Å². The predicted molar refractivity (Wildman–Crippen MR) is 80.7 cm³/mol. The Labute approximate surface area is 129 Å². The third-order valence-corrected chi connectivity index (χ3v) is 4.04. The van der Waals surface area contributed by atoms with Gasteiger partial charge >= 0.3 is 0 Å². The van der Waals surface area contributed by atoms with E-state index in [1.54, 1.807) is 19.9 Å². The van der Waals surface area contributed by atoms with E-state index in [4.69, 9.17) is 4.52 Å². The fraction of sp³-hybridized carbons (Fsp3) is 0.500. The van der Waals surface area contributed by atoms with Gasteiger partial charge in [0.2, 0.25) is 5.89 Å². The smallest absolute Gasteiger partial charge is 0.223 e. The Hall–Kier alpha value is -1.79. The number of nitrogens with zero attached hydrogens (tertiary/aromatic N) is 4. The van der Waals surface area contributed by atoms with Crippen molar-refractivity contribution in [2.24, 2.45) is 0 Å². The molecule has 0 atom stereocenters. The average Bonchev–Trinajstić information content (AvgIpc) is 2.90. The van der Waals surface area contributed by atoms with Gasteiger partial charge < -0.3 is 4.52 Å². The van der Waals surface area contributed by atoms with Gasteiger partial charge in [-0.15, -0.1) is 0 Å². The Morgan fingerprint density at radius 3 is 2.36 bits per heavy atom.